The van der Waals surface area contributed by atoms with Crippen molar-refractivity contribution in [2.75, 3.05) is 18.5 Å². The normalized spacial score (nSPS) is 11.4. The third kappa shape index (κ3) is 3.07. The van der Waals surface area contributed by atoms with Gasteiger partial charge in [0.05, 0.1) is 0 Å². The molecule has 0 atom stereocenters. The minimum atomic E-state index is 0.336. The van der Waals surface area contributed by atoms with Crippen LogP contribution in [0.1, 0.15) is 40.2 Å². The van der Waals surface area contributed by atoms with E-state index in [9.17, 15) is 0 Å². The maximum absolute atomic E-state index is 5.22. The van der Waals surface area contributed by atoms with E-state index >= 15 is 0 Å². The zero-order valence-corrected chi connectivity index (χ0v) is 11.6. The highest BCUT2D eigenvalue weighted by Crippen LogP contribution is 2.16. The lowest BCUT2D eigenvalue weighted by molar-refractivity contribution is 0.555. The molecule has 0 spiro atoms. The van der Waals surface area contributed by atoms with Crippen molar-refractivity contribution in [2.24, 2.45) is 5.92 Å². The summed E-state index contributed by atoms with van der Waals surface area (Å²) >= 11 is 5.22. The Morgan fingerprint density at radius 1 is 1.38 bits per heavy atom. The van der Waals surface area contributed by atoms with Crippen LogP contribution in [0.4, 0.5) is 5.95 Å². The zero-order valence-electron chi connectivity index (χ0n) is 10.8. The average molecular weight is 242 g/mol. The van der Waals surface area contributed by atoms with Crippen LogP contribution in [-0.4, -0.2) is 28.4 Å². The number of aromatic amines is 1. The van der Waals surface area contributed by atoms with Gasteiger partial charge in [-0.1, -0.05) is 13.8 Å². The molecule has 4 nitrogen and oxygen atoms in total. The second-order valence-electron chi connectivity index (χ2n) is 4.90. The second kappa shape index (κ2) is 5.48. The van der Waals surface area contributed by atoms with Crippen molar-refractivity contribution in [1.82, 2.24) is 14.8 Å². The van der Waals surface area contributed by atoms with Crippen molar-refractivity contribution in [3.05, 3.63) is 4.77 Å². The fourth-order valence-corrected chi connectivity index (χ4v) is 1.92. The van der Waals surface area contributed by atoms with E-state index in [-0.39, 0.29) is 0 Å². The van der Waals surface area contributed by atoms with Crippen LogP contribution in [-0.2, 0) is 0 Å². The average Bonchev–Trinajstić information content (AvgIpc) is 2.56. The van der Waals surface area contributed by atoms with Crippen LogP contribution in [0.5, 0.6) is 0 Å². The molecule has 1 aromatic rings. The van der Waals surface area contributed by atoms with Crippen molar-refractivity contribution in [1.29, 1.82) is 0 Å². The Balaban J connectivity index is 2.83. The maximum atomic E-state index is 5.22. The van der Waals surface area contributed by atoms with Gasteiger partial charge >= 0.3 is 0 Å². The molecule has 0 saturated carbocycles. The lowest BCUT2D eigenvalue weighted by Gasteiger charge is -2.21. The summed E-state index contributed by atoms with van der Waals surface area (Å²) in [5, 5.41) is 7.15. The monoisotopic (exact) mass is 242 g/mol. The van der Waals surface area contributed by atoms with Crippen molar-refractivity contribution in [3.63, 3.8) is 0 Å². The number of nitrogens with zero attached hydrogens (tertiary/aromatic N) is 3. The summed E-state index contributed by atoms with van der Waals surface area (Å²) in [4.78, 5) is 2.16. The third-order valence-electron chi connectivity index (χ3n) is 2.59. The highest BCUT2D eigenvalue weighted by molar-refractivity contribution is 7.71. The molecule has 1 heterocycles. The lowest BCUT2D eigenvalue weighted by Crippen LogP contribution is -2.24. The summed E-state index contributed by atoms with van der Waals surface area (Å²) in [6.07, 6.45) is 1.16. The number of nitrogens with one attached hydrogen (secondary N) is 1. The molecule has 5 heteroatoms. The minimum Gasteiger partial charge on any atom is -0.344 e. The Labute approximate surface area is 103 Å². The fourth-order valence-electron chi connectivity index (χ4n) is 1.58. The van der Waals surface area contributed by atoms with Gasteiger partial charge in [0, 0.05) is 19.6 Å². The summed E-state index contributed by atoms with van der Waals surface area (Å²) in [6, 6.07) is 0.336. The molecule has 92 valence electrons. The van der Waals surface area contributed by atoms with Crippen molar-refractivity contribution >= 4 is 18.2 Å². The first kappa shape index (κ1) is 13.2. The minimum absolute atomic E-state index is 0.336. The predicted octanol–water partition coefficient (Wildman–Crippen LogP) is 3.00. The standard InChI is InChI=1S/C11H22N4S/c1-8(2)6-7-14(5)10-12-13-11(16)15(10)9(3)4/h8-9H,6-7H2,1-5H3,(H,13,16). The first-order valence-electron chi connectivity index (χ1n) is 5.81. The fraction of sp³-hybridized carbons (Fsp3) is 0.818. The van der Waals surface area contributed by atoms with E-state index in [1.54, 1.807) is 0 Å². The zero-order chi connectivity index (χ0) is 12.3. The SMILES string of the molecule is CC(C)CCN(C)c1n[nH]c(=S)n1C(C)C. The van der Waals surface area contributed by atoms with E-state index in [2.05, 4.69) is 54.4 Å². The predicted molar refractivity (Wildman–Crippen MR) is 70.5 cm³/mol. The number of H-pyrrole nitrogens is 1. The number of aromatic nitrogens is 3. The van der Waals surface area contributed by atoms with Gasteiger partial charge in [-0.25, -0.2) is 5.10 Å². The smallest absolute Gasteiger partial charge is 0.225 e. The summed E-state index contributed by atoms with van der Waals surface area (Å²) in [7, 11) is 2.06. The van der Waals surface area contributed by atoms with Gasteiger partial charge in [0.2, 0.25) is 5.95 Å². The van der Waals surface area contributed by atoms with Crippen LogP contribution in [0.3, 0.4) is 0 Å². The van der Waals surface area contributed by atoms with E-state index in [0.29, 0.717) is 16.7 Å². The molecule has 0 unspecified atom stereocenters. The number of anilines is 1. The van der Waals surface area contributed by atoms with Gasteiger partial charge in [-0.15, -0.1) is 5.10 Å². The number of hydrogen-bond acceptors (Lipinski definition) is 3. The first-order valence-corrected chi connectivity index (χ1v) is 6.22. The molecular formula is C11H22N4S. The summed E-state index contributed by atoms with van der Waals surface area (Å²) in [5.41, 5.74) is 0. The van der Waals surface area contributed by atoms with Gasteiger partial charge in [0.25, 0.3) is 0 Å². The van der Waals surface area contributed by atoms with Gasteiger partial charge < -0.3 is 4.90 Å². The molecule has 0 bridgehead atoms. The largest absolute Gasteiger partial charge is 0.344 e. The van der Waals surface area contributed by atoms with E-state index in [1.165, 1.54) is 0 Å². The third-order valence-corrected chi connectivity index (χ3v) is 2.87. The maximum Gasteiger partial charge on any atom is 0.225 e. The molecule has 1 aromatic heterocycles. The highest BCUT2D eigenvalue weighted by Gasteiger charge is 2.13. The number of hydrogen-bond donors (Lipinski definition) is 1. The molecule has 0 aliphatic rings. The molecule has 0 fully saturated rings. The lowest BCUT2D eigenvalue weighted by atomic mass is 10.1. The Morgan fingerprint density at radius 3 is 2.50 bits per heavy atom. The summed E-state index contributed by atoms with van der Waals surface area (Å²) in [5.74, 6) is 1.64. The van der Waals surface area contributed by atoms with Crippen molar-refractivity contribution in [3.8, 4) is 0 Å². The Hall–Kier alpha value is -0.840. The van der Waals surface area contributed by atoms with Crippen LogP contribution in [0, 0.1) is 10.7 Å². The van der Waals surface area contributed by atoms with Crippen molar-refractivity contribution < 1.29 is 0 Å². The number of rotatable bonds is 5. The molecular weight excluding hydrogens is 220 g/mol. The van der Waals surface area contributed by atoms with Gasteiger partial charge in [-0.3, -0.25) is 4.57 Å². The van der Waals surface area contributed by atoms with Crippen LogP contribution in [0.25, 0.3) is 0 Å². The quantitative estimate of drug-likeness (QED) is 0.806. The highest BCUT2D eigenvalue weighted by atomic mass is 32.1. The Bertz CT molecular complexity index is 378. The van der Waals surface area contributed by atoms with Crippen LogP contribution < -0.4 is 4.90 Å². The Kier molecular flexibility index (Phi) is 4.53. The van der Waals surface area contributed by atoms with Gasteiger partial charge in [0.15, 0.2) is 4.77 Å². The summed E-state index contributed by atoms with van der Waals surface area (Å²) < 4.78 is 2.75. The van der Waals surface area contributed by atoms with E-state index < -0.39 is 0 Å². The molecule has 0 radical (unpaired) electrons. The molecule has 1 rings (SSSR count). The molecule has 0 amide bonds. The van der Waals surface area contributed by atoms with Gasteiger partial charge in [-0.2, -0.15) is 0 Å². The van der Waals surface area contributed by atoms with E-state index in [1.807, 2.05) is 0 Å². The Morgan fingerprint density at radius 2 is 2.00 bits per heavy atom. The molecule has 0 aromatic carbocycles. The van der Waals surface area contributed by atoms with Crippen molar-refractivity contribution in [2.45, 2.75) is 40.2 Å². The van der Waals surface area contributed by atoms with E-state index in [4.69, 9.17) is 12.2 Å². The van der Waals surface area contributed by atoms with Gasteiger partial charge in [-0.05, 0) is 38.4 Å². The molecule has 0 saturated heterocycles. The van der Waals surface area contributed by atoms with Crippen LogP contribution in [0.15, 0.2) is 0 Å². The molecule has 0 aliphatic carbocycles. The summed E-state index contributed by atoms with van der Waals surface area (Å²) in [6.45, 7) is 9.70. The van der Waals surface area contributed by atoms with Crippen LogP contribution in [0.2, 0.25) is 0 Å². The molecule has 0 aliphatic heterocycles. The first-order chi connectivity index (χ1) is 7.43. The van der Waals surface area contributed by atoms with Crippen LogP contribution >= 0.6 is 12.2 Å². The molecule has 16 heavy (non-hydrogen) atoms. The van der Waals surface area contributed by atoms with Gasteiger partial charge in [0.1, 0.15) is 0 Å². The second-order valence-corrected chi connectivity index (χ2v) is 5.28. The molecule has 1 N–H and O–H groups in total. The topological polar surface area (TPSA) is 36.9 Å². The van der Waals surface area contributed by atoms with E-state index in [0.717, 1.165) is 18.9 Å².